The van der Waals surface area contributed by atoms with Gasteiger partial charge in [0.15, 0.2) is 5.13 Å². The number of nitrogens with two attached hydrogens (primary N) is 1. The molecule has 1 aliphatic rings. The Morgan fingerprint density at radius 1 is 1.48 bits per heavy atom. The number of rotatable bonds is 4. The first-order valence-electron chi connectivity index (χ1n) is 6.64. The molecule has 21 heavy (non-hydrogen) atoms. The van der Waals surface area contributed by atoms with Crippen LogP contribution in [0.2, 0.25) is 0 Å². The Bertz CT molecular complexity index is 676. The van der Waals surface area contributed by atoms with E-state index in [-0.39, 0.29) is 11.5 Å². The van der Waals surface area contributed by atoms with Crippen LogP contribution in [0.15, 0.2) is 18.2 Å². The highest BCUT2D eigenvalue weighted by Crippen LogP contribution is 2.31. The molecule has 1 amide bonds. The average Bonchev–Trinajstić information content (AvgIpc) is 3.16. The van der Waals surface area contributed by atoms with E-state index in [9.17, 15) is 9.18 Å². The van der Waals surface area contributed by atoms with Crippen LogP contribution in [0.25, 0.3) is 0 Å². The summed E-state index contributed by atoms with van der Waals surface area (Å²) in [6.45, 7) is 1.73. The van der Waals surface area contributed by atoms with E-state index in [1.165, 1.54) is 17.4 Å². The van der Waals surface area contributed by atoms with Gasteiger partial charge in [0, 0.05) is 6.04 Å². The number of nitrogens with one attached hydrogen (secondary N) is 2. The third-order valence-corrected chi connectivity index (χ3v) is 4.23. The fraction of sp³-hybridized carbons (Fsp3) is 0.286. The highest BCUT2D eigenvalue weighted by atomic mass is 32.1. The molecule has 1 aromatic carbocycles. The van der Waals surface area contributed by atoms with Crippen molar-refractivity contribution in [3.05, 3.63) is 34.5 Å². The van der Waals surface area contributed by atoms with Gasteiger partial charge in [-0.3, -0.25) is 4.79 Å². The summed E-state index contributed by atoms with van der Waals surface area (Å²) in [5.74, 6) is -0.751. The first kappa shape index (κ1) is 13.8. The fourth-order valence-electron chi connectivity index (χ4n) is 1.92. The number of para-hydroxylation sites is 1. The zero-order valence-electron chi connectivity index (χ0n) is 11.4. The van der Waals surface area contributed by atoms with Crippen molar-refractivity contribution in [2.75, 3.05) is 16.4 Å². The van der Waals surface area contributed by atoms with Crippen molar-refractivity contribution in [1.29, 1.82) is 0 Å². The smallest absolute Gasteiger partial charge is 0.269 e. The second-order valence-electron chi connectivity index (χ2n) is 5.04. The molecule has 5 nitrogen and oxygen atoms in total. The topological polar surface area (TPSA) is 80.0 Å². The lowest BCUT2D eigenvalue weighted by Gasteiger charge is -2.08. The van der Waals surface area contributed by atoms with Crippen molar-refractivity contribution < 1.29 is 9.18 Å². The number of nitrogen functional groups attached to an aromatic ring is 1. The molecule has 1 aromatic heterocycles. The summed E-state index contributed by atoms with van der Waals surface area (Å²) in [4.78, 5) is 16.7. The number of aryl methyl sites for hydroxylation is 1. The molecule has 110 valence electrons. The van der Waals surface area contributed by atoms with Crippen molar-refractivity contribution in [2.24, 2.45) is 0 Å². The van der Waals surface area contributed by atoms with E-state index < -0.39 is 11.7 Å². The number of nitrogens with zero attached hydrogens (tertiary/aromatic N) is 1. The molecule has 7 heteroatoms. The predicted octanol–water partition coefficient (Wildman–Crippen LogP) is 3.00. The van der Waals surface area contributed by atoms with Gasteiger partial charge in [-0.2, -0.15) is 0 Å². The van der Waals surface area contributed by atoms with E-state index in [1.807, 2.05) is 0 Å². The molecule has 0 bridgehead atoms. The summed E-state index contributed by atoms with van der Waals surface area (Å²) in [5.41, 5.74) is 6.60. The van der Waals surface area contributed by atoms with Crippen LogP contribution in [-0.4, -0.2) is 16.9 Å². The first-order chi connectivity index (χ1) is 10.0. The van der Waals surface area contributed by atoms with Gasteiger partial charge in [-0.15, -0.1) is 0 Å². The molecule has 1 aliphatic carbocycles. The molecule has 3 rings (SSSR count). The summed E-state index contributed by atoms with van der Waals surface area (Å²) in [6.07, 6.45) is 2.21. The van der Waals surface area contributed by atoms with Crippen molar-refractivity contribution >= 4 is 33.9 Å². The van der Waals surface area contributed by atoms with Gasteiger partial charge in [0.25, 0.3) is 5.91 Å². The largest absolute Gasteiger partial charge is 0.382 e. The van der Waals surface area contributed by atoms with Crippen LogP contribution in [0.3, 0.4) is 0 Å². The van der Waals surface area contributed by atoms with Gasteiger partial charge in [0.05, 0.1) is 5.69 Å². The monoisotopic (exact) mass is 306 g/mol. The second kappa shape index (κ2) is 5.33. The fourth-order valence-corrected chi connectivity index (χ4v) is 2.78. The standard InChI is InChI=1S/C14H15FN4OS/c1-7-3-2-4-9(15)10(7)18-13(20)11-12(16)19-14(21-11)17-8-5-6-8/h2-4,8H,5-6,16H2,1H3,(H,17,19)(H,18,20). The zero-order chi connectivity index (χ0) is 15.0. The third kappa shape index (κ3) is 2.97. The number of aromatic nitrogens is 1. The van der Waals surface area contributed by atoms with E-state index in [0.29, 0.717) is 21.6 Å². The van der Waals surface area contributed by atoms with E-state index in [4.69, 9.17) is 5.73 Å². The minimum atomic E-state index is -0.470. The Hall–Kier alpha value is -2.15. The molecular formula is C14H15FN4OS. The van der Waals surface area contributed by atoms with Crippen LogP contribution in [0.5, 0.6) is 0 Å². The molecule has 1 fully saturated rings. The van der Waals surface area contributed by atoms with E-state index >= 15 is 0 Å². The Labute approximate surface area is 125 Å². The second-order valence-corrected chi connectivity index (χ2v) is 6.04. The zero-order valence-corrected chi connectivity index (χ0v) is 12.3. The van der Waals surface area contributed by atoms with Crippen molar-refractivity contribution in [3.8, 4) is 0 Å². The number of carbonyl (C=O) groups excluding carboxylic acids is 1. The lowest BCUT2D eigenvalue weighted by Crippen LogP contribution is -2.14. The Morgan fingerprint density at radius 3 is 2.90 bits per heavy atom. The maximum absolute atomic E-state index is 13.7. The molecule has 0 atom stereocenters. The van der Waals surface area contributed by atoms with Crippen LogP contribution >= 0.6 is 11.3 Å². The molecule has 0 aliphatic heterocycles. The van der Waals surface area contributed by atoms with Crippen molar-refractivity contribution in [3.63, 3.8) is 0 Å². The number of thiazole rings is 1. The molecule has 1 heterocycles. The summed E-state index contributed by atoms with van der Waals surface area (Å²) in [5, 5.41) is 6.39. The van der Waals surface area contributed by atoms with Gasteiger partial charge in [-0.25, -0.2) is 9.37 Å². The summed E-state index contributed by atoms with van der Waals surface area (Å²) < 4.78 is 13.7. The van der Waals surface area contributed by atoms with Crippen LogP contribution in [0.4, 0.5) is 21.0 Å². The van der Waals surface area contributed by atoms with Crippen molar-refractivity contribution in [1.82, 2.24) is 4.98 Å². The average molecular weight is 306 g/mol. The van der Waals surface area contributed by atoms with Gasteiger partial charge >= 0.3 is 0 Å². The molecule has 0 radical (unpaired) electrons. The SMILES string of the molecule is Cc1cccc(F)c1NC(=O)c1sc(NC2CC2)nc1N. The predicted molar refractivity (Wildman–Crippen MR) is 82.3 cm³/mol. The van der Waals surface area contributed by atoms with Gasteiger partial charge in [-0.05, 0) is 31.4 Å². The maximum Gasteiger partial charge on any atom is 0.269 e. The molecule has 1 saturated carbocycles. The number of hydrogen-bond acceptors (Lipinski definition) is 5. The Balaban J connectivity index is 1.80. The quantitative estimate of drug-likeness (QED) is 0.811. The highest BCUT2D eigenvalue weighted by molar-refractivity contribution is 7.18. The van der Waals surface area contributed by atoms with Gasteiger partial charge in [0.1, 0.15) is 16.5 Å². The molecule has 4 N–H and O–H groups in total. The minimum absolute atomic E-state index is 0.162. The number of hydrogen-bond donors (Lipinski definition) is 3. The van der Waals surface area contributed by atoms with Crippen LogP contribution in [-0.2, 0) is 0 Å². The summed E-state index contributed by atoms with van der Waals surface area (Å²) in [7, 11) is 0. The van der Waals surface area contributed by atoms with Crippen LogP contribution < -0.4 is 16.4 Å². The normalized spacial score (nSPS) is 14.0. The van der Waals surface area contributed by atoms with Crippen LogP contribution in [0.1, 0.15) is 28.1 Å². The van der Waals surface area contributed by atoms with Crippen LogP contribution in [0, 0.1) is 12.7 Å². The van der Waals surface area contributed by atoms with E-state index in [0.717, 1.165) is 12.8 Å². The number of anilines is 3. The summed E-state index contributed by atoms with van der Waals surface area (Å²) >= 11 is 1.19. The highest BCUT2D eigenvalue weighted by Gasteiger charge is 2.24. The lowest BCUT2D eigenvalue weighted by atomic mass is 10.2. The molecule has 0 spiro atoms. The summed E-state index contributed by atoms with van der Waals surface area (Å²) in [6, 6.07) is 5.06. The van der Waals surface area contributed by atoms with Gasteiger partial charge < -0.3 is 16.4 Å². The number of benzene rings is 1. The Kier molecular flexibility index (Phi) is 3.50. The first-order valence-corrected chi connectivity index (χ1v) is 7.45. The van der Waals surface area contributed by atoms with E-state index in [1.54, 1.807) is 19.1 Å². The minimum Gasteiger partial charge on any atom is -0.382 e. The molecule has 0 saturated heterocycles. The van der Waals surface area contributed by atoms with Gasteiger partial charge in [-0.1, -0.05) is 23.5 Å². The van der Waals surface area contributed by atoms with Gasteiger partial charge in [0.2, 0.25) is 0 Å². The third-order valence-electron chi connectivity index (χ3n) is 3.23. The molecule has 0 unspecified atom stereocenters. The Morgan fingerprint density at radius 2 is 2.24 bits per heavy atom. The molecule has 2 aromatic rings. The lowest BCUT2D eigenvalue weighted by molar-refractivity contribution is 0.103. The van der Waals surface area contributed by atoms with Crippen molar-refractivity contribution in [2.45, 2.75) is 25.8 Å². The molecular weight excluding hydrogens is 291 g/mol. The number of halogens is 1. The maximum atomic E-state index is 13.7. The number of carbonyl (C=O) groups is 1. The number of amides is 1. The van der Waals surface area contributed by atoms with E-state index in [2.05, 4.69) is 15.6 Å².